The summed E-state index contributed by atoms with van der Waals surface area (Å²) in [5.41, 5.74) is 0.471. The number of rotatable bonds is 3. The topological polar surface area (TPSA) is 15.3 Å². The molecule has 0 aromatic heterocycles. The summed E-state index contributed by atoms with van der Waals surface area (Å²) < 4.78 is 0. The van der Waals surface area contributed by atoms with Gasteiger partial charge in [0.15, 0.2) is 0 Å². The fourth-order valence-electron chi connectivity index (χ4n) is 4.31. The summed E-state index contributed by atoms with van der Waals surface area (Å²) in [6.45, 7) is 7.71. The first kappa shape index (κ1) is 11.0. The molecule has 0 spiro atoms. The van der Waals surface area contributed by atoms with Crippen LogP contribution >= 0.6 is 0 Å². The summed E-state index contributed by atoms with van der Waals surface area (Å²) in [7, 11) is 0. The van der Waals surface area contributed by atoms with Gasteiger partial charge in [0.2, 0.25) is 0 Å². The molecular formula is C14H26N2. The van der Waals surface area contributed by atoms with Crippen molar-refractivity contribution in [2.24, 2.45) is 11.8 Å². The van der Waals surface area contributed by atoms with E-state index in [2.05, 4.69) is 17.1 Å². The van der Waals surface area contributed by atoms with Crippen LogP contribution in [0, 0.1) is 11.8 Å². The summed E-state index contributed by atoms with van der Waals surface area (Å²) in [4.78, 5) is 2.76. The molecule has 3 fully saturated rings. The lowest BCUT2D eigenvalue weighted by molar-refractivity contribution is 0.208. The Morgan fingerprint density at radius 3 is 2.50 bits per heavy atom. The van der Waals surface area contributed by atoms with Gasteiger partial charge in [0.1, 0.15) is 0 Å². The summed E-state index contributed by atoms with van der Waals surface area (Å²) in [6.07, 6.45) is 8.60. The molecule has 3 atom stereocenters. The summed E-state index contributed by atoms with van der Waals surface area (Å²) in [5.74, 6) is 2.10. The van der Waals surface area contributed by atoms with Crippen LogP contribution in [0.5, 0.6) is 0 Å². The first-order valence-corrected chi connectivity index (χ1v) is 7.29. The van der Waals surface area contributed by atoms with Crippen molar-refractivity contribution in [2.75, 3.05) is 26.2 Å². The molecule has 0 amide bonds. The lowest BCUT2D eigenvalue weighted by Crippen LogP contribution is -2.49. The van der Waals surface area contributed by atoms with E-state index in [4.69, 9.17) is 0 Å². The third-order valence-electron chi connectivity index (χ3n) is 5.34. The van der Waals surface area contributed by atoms with Gasteiger partial charge in [-0.05, 0) is 50.5 Å². The van der Waals surface area contributed by atoms with Crippen LogP contribution in [0.1, 0.15) is 45.4 Å². The van der Waals surface area contributed by atoms with Crippen molar-refractivity contribution in [3.8, 4) is 0 Å². The van der Waals surface area contributed by atoms with Crippen molar-refractivity contribution >= 4 is 0 Å². The largest absolute Gasteiger partial charge is 0.310 e. The van der Waals surface area contributed by atoms with Crippen molar-refractivity contribution < 1.29 is 0 Å². The van der Waals surface area contributed by atoms with E-state index >= 15 is 0 Å². The van der Waals surface area contributed by atoms with Crippen LogP contribution in [-0.2, 0) is 0 Å². The van der Waals surface area contributed by atoms with Crippen LogP contribution in [0.15, 0.2) is 0 Å². The molecule has 0 aromatic rings. The summed E-state index contributed by atoms with van der Waals surface area (Å²) in [6, 6.07) is 0. The maximum absolute atomic E-state index is 3.77. The smallest absolute Gasteiger partial charge is 0.0306 e. The van der Waals surface area contributed by atoms with Crippen LogP contribution in [0.3, 0.4) is 0 Å². The SMILES string of the molecule is CCC1(CN2CC3CCCC3C2)CCCN1. The molecule has 92 valence electrons. The number of fused-ring (bicyclic) bond motifs is 1. The number of hydrogen-bond acceptors (Lipinski definition) is 2. The minimum absolute atomic E-state index is 0.471. The van der Waals surface area contributed by atoms with Gasteiger partial charge >= 0.3 is 0 Å². The average Bonchev–Trinajstić information content (AvgIpc) is 2.93. The van der Waals surface area contributed by atoms with E-state index in [0.717, 1.165) is 11.8 Å². The van der Waals surface area contributed by atoms with E-state index in [1.807, 2.05) is 0 Å². The van der Waals surface area contributed by atoms with Crippen LogP contribution in [0.25, 0.3) is 0 Å². The zero-order chi connectivity index (χ0) is 11.0. The Kier molecular flexibility index (Phi) is 2.97. The summed E-state index contributed by atoms with van der Waals surface area (Å²) in [5, 5.41) is 3.77. The Bertz CT molecular complexity index is 233. The molecule has 2 saturated heterocycles. The van der Waals surface area contributed by atoms with Gasteiger partial charge in [0, 0.05) is 25.2 Å². The second-order valence-electron chi connectivity index (χ2n) is 6.31. The monoisotopic (exact) mass is 222 g/mol. The zero-order valence-corrected chi connectivity index (χ0v) is 10.7. The molecule has 0 radical (unpaired) electrons. The van der Waals surface area contributed by atoms with Crippen LogP contribution in [0.4, 0.5) is 0 Å². The molecule has 2 heteroatoms. The normalized spacial score (nSPS) is 44.1. The molecule has 3 aliphatic rings. The minimum Gasteiger partial charge on any atom is -0.310 e. The Morgan fingerprint density at radius 2 is 1.94 bits per heavy atom. The van der Waals surface area contributed by atoms with E-state index in [-0.39, 0.29) is 0 Å². The Labute approximate surface area is 99.8 Å². The van der Waals surface area contributed by atoms with E-state index in [9.17, 15) is 0 Å². The van der Waals surface area contributed by atoms with Crippen LogP contribution in [0.2, 0.25) is 0 Å². The molecule has 3 rings (SSSR count). The van der Waals surface area contributed by atoms with Crippen LogP contribution < -0.4 is 5.32 Å². The van der Waals surface area contributed by atoms with Crippen molar-refractivity contribution in [3.05, 3.63) is 0 Å². The molecule has 2 nitrogen and oxygen atoms in total. The van der Waals surface area contributed by atoms with Gasteiger partial charge in [0.05, 0.1) is 0 Å². The Morgan fingerprint density at radius 1 is 1.19 bits per heavy atom. The van der Waals surface area contributed by atoms with Gasteiger partial charge in [0.25, 0.3) is 0 Å². The summed E-state index contributed by atoms with van der Waals surface area (Å²) >= 11 is 0. The van der Waals surface area contributed by atoms with Crippen molar-refractivity contribution in [2.45, 2.75) is 51.0 Å². The second-order valence-corrected chi connectivity index (χ2v) is 6.31. The maximum Gasteiger partial charge on any atom is 0.0306 e. The highest BCUT2D eigenvalue weighted by atomic mass is 15.2. The first-order valence-electron chi connectivity index (χ1n) is 7.29. The van der Waals surface area contributed by atoms with Crippen molar-refractivity contribution in [3.63, 3.8) is 0 Å². The minimum atomic E-state index is 0.471. The van der Waals surface area contributed by atoms with Crippen LogP contribution in [-0.4, -0.2) is 36.6 Å². The highest BCUT2D eigenvalue weighted by Gasteiger charge is 2.40. The molecule has 1 aliphatic carbocycles. The van der Waals surface area contributed by atoms with Crippen molar-refractivity contribution in [1.29, 1.82) is 0 Å². The van der Waals surface area contributed by atoms with E-state index in [0.29, 0.717) is 5.54 Å². The van der Waals surface area contributed by atoms with E-state index in [1.165, 1.54) is 64.7 Å². The highest BCUT2D eigenvalue weighted by molar-refractivity contribution is 4.98. The van der Waals surface area contributed by atoms with E-state index < -0.39 is 0 Å². The Balaban J connectivity index is 1.59. The fourth-order valence-corrected chi connectivity index (χ4v) is 4.31. The molecule has 1 saturated carbocycles. The molecule has 2 heterocycles. The molecule has 0 aromatic carbocycles. The number of nitrogens with one attached hydrogen (secondary N) is 1. The Hall–Kier alpha value is -0.0800. The quantitative estimate of drug-likeness (QED) is 0.788. The predicted octanol–water partition coefficient (Wildman–Crippen LogP) is 2.25. The number of nitrogens with zero attached hydrogens (tertiary/aromatic N) is 1. The number of hydrogen-bond donors (Lipinski definition) is 1. The van der Waals surface area contributed by atoms with Gasteiger partial charge in [-0.25, -0.2) is 0 Å². The van der Waals surface area contributed by atoms with Gasteiger partial charge in [-0.1, -0.05) is 13.3 Å². The average molecular weight is 222 g/mol. The lowest BCUT2D eigenvalue weighted by atomic mass is 9.93. The standard InChI is InChI=1S/C14H26N2/c1-2-14(7-4-8-15-14)11-16-9-12-5-3-6-13(12)10-16/h12-13,15H,2-11H2,1H3. The molecule has 0 bridgehead atoms. The third-order valence-corrected chi connectivity index (χ3v) is 5.34. The van der Waals surface area contributed by atoms with E-state index in [1.54, 1.807) is 0 Å². The molecule has 2 aliphatic heterocycles. The fraction of sp³-hybridized carbons (Fsp3) is 1.00. The second kappa shape index (κ2) is 4.30. The molecular weight excluding hydrogens is 196 g/mol. The van der Waals surface area contributed by atoms with Gasteiger partial charge < -0.3 is 10.2 Å². The lowest BCUT2D eigenvalue weighted by Gasteiger charge is -2.33. The third kappa shape index (κ3) is 1.91. The number of likely N-dealkylation sites (tertiary alicyclic amines) is 1. The van der Waals surface area contributed by atoms with Crippen molar-refractivity contribution in [1.82, 2.24) is 10.2 Å². The molecule has 16 heavy (non-hydrogen) atoms. The molecule has 3 unspecified atom stereocenters. The zero-order valence-electron chi connectivity index (χ0n) is 10.7. The first-order chi connectivity index (χ1) is 7.81. The molecule has 1 N–H and O–H groups in total. The van der Waals surface area contributed by atoms with Gasteiger partial charge in [-0.2, -0.15) is 0 Å². The maximum atomic E-state index is 3.77. The van der Waals surface area contributed by atoms with Gasteiger partial charge in [-0.15, -0.1) is 0 Å². The highest BCUT2D eigenvalue weighted by Crippen LogP contribution is 2.38. The predicted molar refractivity (Wildman–Crippen MR) is 67.5 cm³/mol. The van der Waals surface area contributed by atoms with Gasteiger partial charge in [-0.3, -0.25) is 0 Å².